The number of nitrogens with one attached hydrogen (secondary N) is 1. The number of aromatic nitrogens is 3. The summed E-state index contributed by atoms with van der Waals surface area (Å²) in [6, 6.07) is 3.54. The monoisotopic (exact) mass is 273 g/mol. The van der Waals surface area contributed by atoms with Gasteiger partial charge in [0.1, 0.15) is 5.69 Å². The molecule has 1 amide bonds. The molecule has 0 atom stereocenters. The lowest BCUT2D eigenvalue weighted by molar-refractivity contribution is 0.0951. The number of imidazole rings is 1. The number of likely N-dealkylation sites (N-methyl/N-ethyl adjacent to an activating group) is 1. The zero-order valence-corrected chi connectivity index (χ0v) is 12.0. The highest BCUT2D eigenvalue weighted by atomic mass is 16.1. The van der Waals surface area contributed by atoms with Crippen LogP contribution in [0.5, 0.6) is 0 Å². The fourth-order valence-corrected chi connectivity index (χ4v) is 1.87. The molecule has 2 heterocycles. The van der Waals surface area contributed by atoms with Crippen LogP contribution in [0.2, 0.25) is 0 Å². The molecule has 0 aliphatic rings. The van der Waals surface area contributed by atoms with Crippen LogP contribution >= 0.6 is 0 Å². The van der Waals surface area contributed by atoms with E-state index < -0.39 is 0 Å². The second-order valence-corrected chi connectivity index (χ2v) is 4.85. The summed E-state index contributed by atoms with van der Waals surface area (Å²) in [6.45, 7) is 1.40. The highest BCUT2D eigenvalue weighted by Gasteiger charge is 2.15. The molecule has 2 rings (SSSR count). The van der Waals surface area contributed by atoms with Gasteiger partial charge < -0.3 is 14.8 Å². The van der Waals surface area contributed by atoms with Crippen molar-refractivity contribution in [3.05, 3.63) is 36.4 Å². The van der Waals surface area contributed by atoms with Gasteiger partial charge in [0.2, 0.25) is 0 Å². The van der Waals surface area contributed by atoms with Crippen molar-refractivity contribution in [2.75, 3.05) is 27.2 Å². The lowest BCUT2D eigenvalue weighted by Crippen LogP contribution is -2.31. The highest BCUT2D eigenvalue weighted by molar-refractivity contribution is 5.99. The van der Waals surface area contributed by atoms with E-state index in [1.54, 1.807) is 30.9 Å². The summed E-state index contributed by atoms with van der Waals surface area (Å²) in [4.78, 5) is 22.7. The molecule has 0 aliphatic heterocycles. The number of nitrogens with zero attached hydrogens (tertiary/aromatic N) is 4. The largest absolute Gasteiger partial charge is 0.351 e. The van der Waals surface area contributed by atoms with Gasteiger partial charge in [-0.15, -0.1) is 0 Å². The minimum absolute atomic E-state index is 0.115. The molecule has 6 heteroatoms. The zero-order valence-electron chi connectivity index (χ0n) is 12.0. The van der Waals surface area contributed by atoms with E-state index in [1.165, 1.54) is 0 Å². The van der Waals surface area contributed by atoms with Crippen LogP contribution in [0.3, 0.4) is 0 Å². The Labute approximate surface area is 118 Å². The quantitative estimate of drug-likeness (QED) is 0.874. The third kappa shape index (κ3) is 3.21. The van der Waals surface area contributed by atoms with Gasteiger partial charge in [0, 0.05) is 26.3 Å². The number of aryl methyl sites for hydroxylation is 1. The summed E-state index contributed by atoms with van der Waals surface area (Å²) in [7, 11) is 5.82. The molecule has 20 heavy (non-hydrogen) atoms. The highest BCUT2D eigenvalue weighted by Crippen LogP contribution is 2.19. The lowest BCUT2D eigenvalue weighted by atomic mass is 10.1. The van der Waals surface area contributed by atoms with Crippen molar-refractivity contribution in [2.24, 2.45) is 7.05 Å². The summed E-state index contributed by atoms with van der Waals surface area (Å²) in [6.07, 6.45) is 5.08. The lowest BCUT2D eigenvalue weighted by Gasteiger charge is -2.12. The van der Waals surface area contributed by atoms with E-state index in [4.69, 9.17) is 0 Å². The zero-order chi connectivity index (χ0) is 14.5. The molecular formula is C14H19N5O. The van der Waals surface area contributed by atoms with E-state index in [0.29, 0.717) is 17.8 Å². The summed E-state index contributed by atoms with van der Waals surface area (Å²) in [5, 5.41) is 2.90. The standard InChI is InChI=1S/C14H19N5O/c1-18(2)8-7-17-14(20)11-5-4-6-16-13(11)12-9-15-10-19(12)3/h4-6,9-10H,7-8H2,1-3H3,(H,17,20). The Morgan fingerprint density at radius 3 is 2.90 bits per heavy atom. The first-order valence-corrected chi connectivity index (χ1v) is 6.44. The summed E-state index contributed by atoms with van der Waals surface area (Å²) < 4.78 is 1.85. The molecule has 0 fully saturated rings. The Morgan fingerprint density at radius 2 is 2.25 bits per heavy atom. The van der Waals surface area contributed by atoms with E-state index in [1.807, 2.05) is 30.6 Å². The SMILES string of the molecule is CN(C)CCNC(=O)c1cccnc1-c1cncn1C. The predicted octanol–water partition coefficient (Wildman–Crippen LogP) is 0.773. The maximum absolute atomic E-state index is 12.3. The van der Waals surface area contributed by atoms with Crippen molar-refractivity contribution in [1.29, 1.82) is 0 Å². The van der Waals surface area contributed by atoms with Crippen molar-refractivity contribution in [3.63, 3.8) is 0 Å². The van der Waals surface area contributed by atoms with E-state index in [9.17, 15) is 4.79 Å². The Hall–Kier alpha value is -2.21. The normalized spacial score (nSPS) is 10.8. The molecule has 6 nitrogen and oxygen atoms in total. The first-order chi connectivity index (χ1) is 9.59. The smallest absolute Gasteiger partial charge is 0.253 e. The first-order valence-electron chi connectivity index (χ1n) is 6.44. The third-order valence-corrected chi connectivity index (χ3v) is 2.96. The topological polar surface area (TPSA) is 63.1 Å². The van der Waals surface area contributed by atoms with Gasteiger partial charge in [0.25, 0.3) is 5.91 Å². The van der Waals surface area contributed by atoms with E-state index >= 15 is 0 Å². The molecule has 0 radical (unpaired) electrons. The fourth-order valence-electron chi connectivity index (χ4n) is 1.87. The Bertz CT molecular complexity index is 591. The van der Waals surface area contributed by atoms with Crippen LogP contribution in [-0.2, 0) is 7.05 Å². The van der Waals surface area contributed by atoms with Crippen LogP contribution in [0.25, 0.3) is 11.4 Å². The molecule has 106 valence electrons. The van der Waals surface area contributed by atoms with Gasteiger partial charge in [-0.05, 0) is 26.2 Å². The molecule has 0 saturated carbocycles. The number of hydrogen-bond donors (Lipinski definition) is 1. The van der Waals surface area contributed by atoms with Crippen LogP contribution in [0, 0.1) is 0 Å². The fraction of sp³-hybridized carbons (Fsp3) is 0.357. The molecule has 2 aromatic heterocycles. The summed E-state index contributed by atoms with van der Waals surface area (Å²) >= 11 is 0. The molecule has 0 aromatic carbocycles. The first kappa shape index (κ1) is 14.2. The van der Waals surface area contributed by atoms with Crippen LogP contribution < -0.4 is 5.32 Å². The average molecular weight is 273 g/mol. The van der Waals surface area contributed by atoms with E-state index in [2.05, 4.69) is 15.3 Å². The molecule has 0 spiro atoms. The van der Waals surface area contributed by atoms with Gasteiger partial charge in [-0.25, -0.2) is 4.98 Å². The van der Waals surface area contributed by atoms with E-state index in [0.717, 1.165) is 12.2 Å². The van der Waals surface area contributed by atoms with Crippen molar-refractivity contribution < 1.29 is 4.79 Å². The van der Waals surface area contributed by atoms with Crippen molar-refractivity contribution in [1.82, 2.24) is 24.8 Å². The number of pyridine rings is 1. The Morgan fingerprint density at radius 1 is 1.45 bits per heavy atom. The maximum atomic E-state index is 12.3. The minimum Gasteiger partial charge on any atom is -0.351 e. The van der Waals surface area contributed by atoms with Crippen molar-refractivity contribution >= 4 is 5.91 Å². The van der Waals surface area contributed by atoms with E-state index in [-0.39, 0.29) is 5.91 Å². The second kappa shape index (κ2) is 6.29. The summed E-state index contributed by atoms with van der Waals surface area (Å²) in [5.41, 5.74) is 2.04. The molecule has 0 saturated heterocycles. The van der Waals surface area contributed by atoms with Crippen molar-refractivity contribution in [3.8, 4) is 11.4 Å². The van der Waals surface area contributed by atoms with Gasteiger partial charge >= 0.3 is 0 Å². The van der Waals surface area contributed by atoms with Crippen LogP contribution in [0.1, 0.15) is 10.4 Å². The van der Waals surface area contributed by atoms with Crippen LogP contribution in [0.15, 0.2) is 30.9 Å². The van der Waals surface area contributed by atoms with Crippen LogP contribution in [0.4, 0.5) is 0 Å². The molecule has 2 aromatic rings. The molecular weight excluding hydrogens is 254 g/mol. The van der Waals surface area contributed by atoms with Crippen molar-refractivity contribution in [2.45, 2.75) is 0 Å². The van der Waals surface area contributed by atoms with Gasteiger partial charge in [-0.2, -0.15) is 0 Å². The van der Waals surface area contributed by atoms with Gasteiger partial charge in [-0.3, -0.25) is 9.78 Å². The number of carbonyl (C=O) groups excluding carboxylic acids is 1. The third-order valence-electron chi connectivity index (χ3n) is 2.96. The Kier molecular flexibility index (Phi) is 4.47. The van der Waals surface area contributed by atoms with Crippen LogP contribution in [-0.4, -0.2) is 52.5 Å². The number of carbonyl (C=O) groups is 1. The second-order valence-electron chi connectivity index (χ2n) is 4.85. The maximum Gasteiger partial charge on any atom is 0.253 e. The van der Waals surface area contributed by atoms with Gasteiger partial charge in [0.05, 0.1) is 23.8 Å². The minimum atomic E-state index is -0.115. The molecule has 0 bridgehead atoms. The summed E-state index contributed by atoms with van der Waals surface area (Å²) in [5.74, 6) is -0.115. The Balaban J connectivity index is 2.20. The number of amides is 1. The van der Waals surface area contributed by atoms with Gasteiger partial charge in [0.15, 0.2) is 0 Å². The molecule has 0 aliphatic carbocycles. The number of hydrogen-bond acceptors (Lipinski definition) is 4. The number of rotatable bonds is 5. The predicted molar refractivity (Wildman–Crippen MR) is 77.3 cm³/mol. The van der Waals surface area contributed by atoms with Gasteiger partial charge in [-0.1, -0.05) is 0 Å². The average Bonchev–Trinajstić information content (AvgIpc) is 2.84. The molecule has 1 N–H and O–H groups in total. The molecule has 0 unspecified atom stereocenters.